The van der Waals surface area contributed by atoms with Crippen molar-refractivity contribution in [2.75, 3.05) is 13.2 Å². The smallest absolute Gasteiger partial charge is 0.407 e. The van der Waals surface area contributed by atoms with Gasteiger partial charge in [0, 0.05) is 6.54 Å². The SMILES string of the molecule is CCCCOC(=O)NC(CCCNC(=N)N)C(=O)O. The molecule has 110 valence electrons. The van der Waals surface area contributed by atoms with E-state index in [0.29, 0.717) is 13.0 Å². The van der Waals surface area contributed by atoms with Crippen LogP contribution in [0.5, 0.6) is 0 Å². The molecule has 1 amide bonds. The van der Waals surface area contributed by atoms with Gasteiger partial charge in [-0.05, 0) is 19.3 Å². The maximum absolute atomic E-state index is 11.3. The van der Waals surface area contributed by atoms with Crippen molar-refractivity contribution in [2.24, 2.45) is 5.73 Å². The number of ether oxygens (including phenoxy) is 1. The molecule has 1 unspecified atom stereocenters. The number of carboxylic acids is 1. The molecule has 0 aromatic carbocycles. The second-order valence-corrected chi connectivity index (χ2v) is 4.01. The maximum atomic E-state index is 11.3. The van der Waals surface area contributed by atoms with Gasteiger partial charge in [0.25, 0.3) is 0 Å². The van der Waals surface area contributed by atoms with Crippen molar-refractivity contribution in [3.63, 3.8) is 0 Å². The number of carboxylic acid groups (broad SMARTS) is 1. The van der Waals surface area contributed by atoms with Gasteiger partial charge in [-0.3, -0.25) is 5.41 Å². The van der Waals surface area contributed by atoms with E-state index in [1.807, 2.05) is 6.92 Å². The van der Waals surface area contributed by atoms with Gasteiger partial charge in [0.05, 0.1) is 6.61 Å². The summed E-state index contributed by atoms with van der Waals surface area (Å²) in [5.41, 5.74) is 5.08. The molecule has 8 heteroatoms. The number of rotatable bonds is 9. The van der Waals surface area contributed by atoms with Crippen molar-refractivity contribution in [3.8, 4) is 0 Å². The van der Waals surface area contributed by atoms with E-state index in [-0.39, 0.29) is 19.0 Å². The number of carbonyl (C=O) groups excluding carboxylic acids is 1. The van der Waals surface area contributed by atoms with Gasteiger partial charge < -0.3 is 26.2 Å². The standard InChI is InChI=1S/C11H22N4O4/c1-2-3-7-19-11(18)15-8(9(16)17)5-4-6-14-10(12)13/h8H,2-7H2,1H3,(H,15,18)(H,16,17)(H4,12,13,14). The maximum Gasteiger partial charge on any atom is 0.407 e. The highest BCUT2D eigenvalue weighted by atomic mass is 16.5. The van der Waals surface area contributed by atoms with Crippen LogP contribution in [0.25, 0.3) is 0 Å². The lowest BCUT2D eigenvalue weighted by Crippen LogP contribution is -2.42. The Balaban J connectivity index is 3.94. The number of unbranched alkanes of at least 4 members (excludes halogenated alkanes) is 1. The Hall–Kier alpha value is -1.99. The average Bonchev–Trinajstić information content (AvgIpc) is 2.32. The molecule has 0 aliphatic carbocycles. The normalized spacial score (nSPS) is 11.4. The Kier molecular flexibility index (Phi) is 8.94. The third-order valence-electron chi connectivity index (χ3n) is 2.31. The Bertz CT molecular complexity index is 309. The van der Waals surface area contributed by atoms with Crippen molar-refractivity contribution < 1.29 is 19.4 Å². The number of alkyl carbamates (subject to hydrolysis) is 1. The van der Waals surface area contributed by atoms with E-state index in [2.05, 4.69) is 10.6 Å². The monoisotopic (exact) mass is 274 g/mol. The van der Waals surface area contributed by atoms with Crippen LogP contribution in [0.3, 0.4) is 0 Å². The van der Waals surface area contributed by atoms with Crippen molar-refractivity contribution >= 4 is 18.0 Å². The first kappa shape index (κ1) is 17.0. The molecule has 8 nitrogen and oxygen atoms in total. The van der Waals surface area contributed by atoms with Crippen LogP contribution in [0.15, 0.2) is 0 Å². The minimum absolute atomic E-state index is 0.168. The molecule has 0 rings (SSSR count). The van der Waals surface area contributed by atoms with E-state index in [1.165, 1.54) is 0 Å². The van der Waals surface area contributed by atoms with E-state index in [0.717, 1.165) is 12.8 Å². The molecule has 0 aliphatic heterocycles. The number of amides is 1. The highest BCUT2D eigenvalue weighted by Crippen LogP contribution is 1.98. The van der Waals surface area contributed by atoms with E-state index < -0.39 is 18.1 Å². The molecule has 1 atom stereocenters. The number of nitrogens with two attached hydrogens (primary N) is 1. The molecule has 0 saturated carbocycles. The number of guanidine groups is 1. The summed E-state index contributed by atoms with van der Waals surface area (Å²) in [6.07, 6.45) is 1.62. The Morgan fingerprint density at radius 3 is 2.63 bits per heavy atom. The van der Waals surface area contributed by atoms with Crippen LogP contribution in [-0.2, 0) is 9.53 Å². The van der Waals surface area contributed by atoms with Crippen LogP contribution < -0.4 is 16.4 Å². The number of hydrogen-bond acceptors (Lipinski definition) is 4. The summed E-state index contributed by atoms with van der Waals surface area (Å²) in [6, 6.07) is -0.997. The van der Waals surface area contributed by atoms with Crippen LogP contribution in [0.2, 0.25) is 0 Å². The van der Waals surface area contributed by atoms with Crippen LogP contribution in [0.4, 0.5) is 4.79 Å². The van der Waals surface area contributed by atoms with Gasteiger partial charge in [0.2, 0.25) is 0 Å². The van der Waals surface area contributed by atoms with Gasteiger partial charge in [-0.2, -0.15) is 0 Å². The van der Waals surface area contributed by atoms with Crippen molar-refractivity contribution in [3.05, 3.63) is 0 Å². The zero-order valence-electron chi connectivity index (χ0n) is 11.1. The van der Waals surface area contributed by atoms with Crippen molar-refractivity contribution in [1.82, 2.24) is 10.6 Å². The fourth-order valence-electron chi connectivity index (χ4n) is 1.28. The van der Waals surface area contributed by atoms with Gasteiger partial charge >= 0.3 is 12.1 Å². The summed E-state index contributed by atoms with van der Waals surface area (Å²) in [4.78, 5) is 22.2. The summed E-state index contributed by atoms with van der Waals surface area (Å²) in [6.45, 7) is 2.62. The first-order valence-corrected chi connectivity index (χ1v) is 6.21. The van der Waals surface area contributed by atoms with E-state index in [1.54, 1.807) is 0 Å². The Morgan fingerprint density at radius 1 is 1.42 bits per heavy atom. The molecule has 0 aromatic heterocycles. The first-order chi connectivity index (χ1) is 8.97. The average molecular weight is 274 g/mol. The summed E-state index contributed by atoms with van der Waals surface area (Å²) >= 11 is 0. The predicted molar refractivity (Wildman–Crippen MR) is 70.0 cm³/mol. The number of carbonyl (C=O) groups is 2. The quantitative estimate of drug-likeness (QED) is 0.232. The lowest BCUT2D eigenvalue weighted by molar-refractivity contribution is -0.139. The van der Waals surface area contributed by atoms with Crippen LogP contribution in [-0.4, -0.2) is 42.3 Å². The molecule has 0 aromatic rings. The predicted octanol–water partition coefficient (Wildman–Crippen LogP) is 0.229. The lowest BCUT2D eigenvalue weighted by atomic mass is 10.1. The molecule has 0 spiro atoms. The molecular formula is C11H22N4O4. The van der Waals surface area contributed by atoms with E-state index >= 15 is 0 Å². The zero-order valence-corrected chi connectivity index (χ0v) is 11.1. The summed E-state index contributed by atoms with van der Waals surface area (Å²) in [7, 11) is 0. The zero-order chi connectivity index (χ0) is 14.7. The third-order valence-corrected chi connectivity index (χ3v) is 2.31. The second-order valence-electron chi connectivity index (χ2n) is 4.01. The van der Waals surface area contributed by atoms with Gasteiger partial charge in [0.15, 0.2) is 5.96 Å². The van der Waals surface area contributed by atoms with E-state index in [4.69, 9.17) is 21.0 Å². The molecular weight excluding hydrogens is 252 g/mol. The van der Waals surface area contributed by atoms with Gasteiger partial charge in [-0.25, -0.2) is 9.59 Å². The molecule has 0 heterocycles. The number of nitrogens with one attached hydrogen (secondary N) is 3. The summed E-state index contributed by atoms with van der Waals surface area (Å²) < 4.78 is 4.82. The van der Waals surface area contributed by atoms with Crippen LogP contribution in [0, 0.1) is 5.41 Å². The topological polar surface area (TPSA) is 138 Å². The second kappa shape index (κ2) is 9.98. The molecule has 6 N–H and O–H groups in total. The Morgan fingerprint density at radius 2 is 2.11 bits per heavy atom. The summed E-state index contributed by atoms with van der Waals surface area (Å²) in [5, 5.41) is 20.7. The molecule has 0 fully saturated rings. The van der Waals surface area contributed by atoms with Crippen molar-refractivity contribution in [1.29, 1.82) is 5.41 Å². The van der Waals surface area contributed by atoms with E-state index in [9.17, 15) is 9.59 Å². The van der Waals surface area contributed by atoms with Crippen LogP contribution >= 0.6 is 0 Å². The van der Waals surface area contributed by atoms with Crippen LogP contribution in [0.1, 0.15) is 32.6 Å². The largest absolute Gasteiger partial charge is 0.480 e. The van der Waals surface area contributed by atoms with Crippen molar-refractivity contribution in [2.45, 2.75) is 38.6 Å². The molecule has 0 radical (unpaired) electrons. The minimum atomic E-state index is -1.12. The molecule has 0 aliphatic rings. The number of hydrogen-bond donors (Lipinski definition) is 5. The van der Waals surface area contributed by atoms with Gasteiger partial charge in [0.1, 0.15) is 6.04 Å². The van der Waals surface area contributed by atoms with Gasteiger partial charge in [-0.1, -0.05) is 13.3 Å². The molecule has 0 bridgehead atoms. The minimum Gasteiger partial charge on any atom is -0.480 e. The van der Waals surface area contributed by atoms with Gasteiger partial charge in [-0.15, -0.1) is 0 Å². The fraction of sp³-hybridized carbons (Fsp3) is 0.727. The molecule has 19 heavy (non-hydrogen) atoms. The fourth-order valence-corrected chi connectivity index (χ4v) is 1.28. The highest BCUT2D eigenvalue weighted by Gasteiger charge is 2.19. The number of aliphatic carboxylic acids is 1. The first-order valence-electron chi connectivity index (χ1n) is 6.21. The Labute approximate surface area is 112 Å². The molecule has 0 saturated heterocycles. The third kappa shape index (κ3) is 9.69. The summed E-state index contributed by atoms with van der Waals surface area (Å²) in [5.74, 6) is -1.28. The lowest BCUT2D eigenvalue weighted by Gasteiger charge is -2.14. The highest BCUT2D eigenvalue weighted by molar-refractivity contribution is 5.79.